The van der Waals surface area contributed by atoms with E-state index < -0.39 is 0 Å². The van der Waals surface area contributed by atoms with Crippen LogP contribution >= 0.6 is 23.4 Å². The van der Waals surface area contributed by atoms with E-state index in [1.165, 1.54) is 4.68 Å². The maximum atomic E-state index is 11.6. The number of thioether (sulfide) groups is 1. The minimum Gasteiger partial charge on any atom is -0.304 e. The van der Waals surface area contributed by atoms with Crippen LogP contribution in [0.2, 0.25) is 5.02 Å². The van der Waals surface area contributed by atoms with E-state index in [2.05, 4.69) is 15.4 Å². The number of hydrogen-bond donors (Lipinski definition) is 1. The Bertz CT molecular complexity index is 423. The van der Waals surface area contributed by atoms with E-state index in [4.69, 9.17) is 11.6 Å². The van der Waals surface area contributed by atoms with Crippen LogP contribution in [0.3, 0.4) is 0 Å². The molecular weight excluding hydrogens is 248 g/mol. The van der Waals surface area contributed by atoms with Crippen molar-refractivity contribution in [3.8, 4) is 0 Å². The summed E-state index contributed by atoms with van der Waals surface area (Å²) in [5.41, 5.74) is 0.724. The van der Waals surface area contributed by atoms with Crippen molar-refractivity contribution in [1.29, 1.82) is 0 Å². The summed E-state index contributed by atoms with van der Waals surface area (Å²) in [6.07, 6.45) is 1.64. The summed E-state index contributed by atoms with van der Waals surface area (Å²) in [5, 5.41) is 8.09. The van der Waals surface area contributed by atoms with Crippen molar-refractivity contribution in [1.82, 2.24) is 15.1 Å². The second-order valence-corrected chi connectivity index (χ2v) is 4.83. The fraction of sp³-hybridized carbons (Fsp3) is 0.444. The SMILES string of the molecule is Cc1nn(CC(=O)NC2=NCCS2)cc1Cl. The van der Waals surface area contributed by atoms with Crippen molar-refractivity contribution in [2.75, 3.05) is 12.3 Å². The number of aliphatic imine (C=N–C) groups is 1. The van der Waals surface area contributed by atoms with Crippen LogP contribution in [0.25, 0.3) is 0 Å². The highest BCUT2D eigenvalue weighted by atomic mass is 35.5. The van der Waals surface area contributed by atoms with Gasteiger partial charge >= 0.3 is 0 Å². The Morgan fingerprint density at radius 3 is 3.12 bits per heavy atom. The number of nitrogens with zero attached hydrogens (tertiary/aromatic N) is 3. The van der Waals surface area contributed by atoms with Crippen LogP contribution in [-0.2, 0) is 11.3 Å². The highest BCUT2D eigenvalue weighted by Gasteiger charge is 2.12. The molecule has 0 unspecified atom stereocenters. The number of carbonyl (C=O) groups is 1. The zero-order chi connectivity index (χ0) is 11.5. The lowest BCUT2D eigenvalue weighted by molar-refractivity contribution is -0.120. The van der Waals surface area contributed by atoms with Crippen molar-refractivity contribution in [2.45, 2.75) is 13.5 Å². The largest absolute Gasteiger partial charge is 0.304 e. The molecule has 0 aliphatic carbocycles. The predicted molar refractivity (Wildman–Crippen MR) is 64.9 cm³/mol. The van der Waals surface area contributed by atoms with Crippen LogP contribution in [0.4, 0.5) is 0 Å². The maximum Gasteiger partial charge on any atom is 0.247 e. The molecule has 2 rings (SSSR count). The fourth-order valence-electron chi connectivity index (χ4n) is 1.29. The number of halogens is 1. The Morgan fingerprint density at radius 2 is 2.56 bits per heavy atom. The summed E-state index contributed by atoms with van der Waals surface area (Å²) in [6, 6.07) is 0. The van der Waals surface area contributed by atoms with E-state index >= 15 is 0 Å². The summed E-state index contributed by atoms with van der Waals surface area (Å²) in [4.78, 5) is 15.7. The molecule has 0 fully saturated rings. The van der Waals surface area contributed by atoms with Gasteiger partial charge < -0.3 is 5.32 Å². The number of nitrogens with one attached hydrogen (secondary N) is 1. The predicted octanol–water partition coefficient (Wildman–Crippen LogP) is 1.06. The molecule has 86 valence electrons. The Balaban J connectivity index is 1.91. The molecule has 0 bridgehead atoms. The number of carbonyl (C=O) groups excluding carboxylic acids is 1. The molecule has 1 aliphatic rings. The highest BCUT2D eigenvalue weighted by molar-refractivity contribution is 8.14. The van der Waals surface area contributed by atoms with E-state index in [1.807, 2.05) is 0 Å². The van der Waals surface area contributed by atoms with Gasteiger partial charge in [0.15, 0.2) is 5.17 Å². The zero-order valence-electron chi connectivity index (χ0n) is 8.73. The number of rotatable bonds is 2. The number of amidine groups is 1. The minimum absolute atomic E-state index is 0.132. The summed E-state index contributed by atoms with van der Waals surface area (Å²) < 4.78 is 1.52. The van der Waals surface area contributed by atoms with Gasteiger partial charge in [-0.3, -0.25) is 14.5 Å². The normalized spacial score (nSPS) is 15.0. The molecule has 16 heavy (non-hydrogen) atoms. The van der Waals surface area contributed by atoms with Gasteiger partial charge in [-0.25, -0.2) is 0 Å². The molecule has 1 amide bonds. The molecule has 0 aromatic carbocycles. The summed E-state index contributed by atoms with van der Waals surface area (Å²) in [6.45, 7) is 2.73. The van der Waals surface area contributed by atoms with Gasteiger partial charge in [-0.15, -0.1) is 0 Å². The van der Waals surface area contributed by atoms with Crippen molar-refractivity contribution < 1.29 is 4.79 Å². The molecule has 1 aliphatic heterocycles. The van der Waals surface area contributed by atoms with Crippen LogP contribution in [0.1, 0.15) is 5.69 Å². The molecule has 1 aromatic heterocycles. The number of amides is 1. The summed E-state index contributed by atoms with van der Waals surface area (Å²) in [7, 11) is 0. The molecule has 0 atom stereocenters. The smallest absolute Gasteiger partial charge is 0.247 e. The first-order chi connectivity index (χ1) is 7.65. The van der Waals surface area contributed by atoms with Gasteiger partial charge in [-0.2, -0.15) is 5.10 Å². The van der Waals surface area contributed by atoms with E-state index in [1.54, 1.807) is 24.9 Å². The molecule has 1 N–H and O–H groups in total. The Hall–Kier alpha value is -1.01. The van der Waals surface area contributed by atoms with Gasteiger partial charge in [0.2, 0.25) is 5.91 Å². The molecular formula is C9H11ClN4OS. The third-order valence-electron chi connectivity index (χ3n) is 2.02. The number of aryl methyl sites for hydroxylation is 1. The third kappa shape index (κ3) is 2.76. The highest BCUT2D eigenvalue weighted by Crippen LogP contribution is 2.12. The Kier molecular flexibility index (Phi) is 3.50. The van der Waals surface area contributed by atoms with Crippen LogP contribution in [-0.4, -0.2) is 33.2 Å². The van der Waals surface area contributed by atoms with Gasteiger partial charge in [-0.05, 0) is 6.92 Å². The van der Waals surface area contributed by atoms with Gasteiger partial charge in [0, 0.05) is 11.9 Å². The Labute approximate surface area is 102 Å². The molecule has 0 saturated heterocycles. The van der Waals surface area contributed by atoms with Gasteiger partial charge in [-0.1, -0.05) is 23.4 Å². The number of aromatic nitrogens is 2. The second-order valence-electron chi connectivity index (χ2n) is 3.34. The molecule has 0 saturated carbocycles. The molecule has 0 radical (unpaired) electrons. The molecule has 5 nitrogen and oxygen atoms in total. The van der Waals surface area contributed by atoms with Crippen molar-refractivity contribution in [2.24, 2.45) is 4.99 Å². The monoisotopic (exact) mass is 258 g/mol. The van der Waals surface area contributed by atoms with E-state index in [0.717, 1.165) is 18.0 Å². The number of hydrogen-bond acceptors (Lipinski definition) is 4. The summed E-state index contributed by atoms with van der Waals surface area (Å²) in [5.74, 6) is 0.801. The van der Waals surface area contributed by atoms with Crippen LogP contribution in [0.15, 0.2) is 11.2 Å². The molecule has 1 aromatic rings. The van der Waals surface area contributed by atoms with Crippen LogP contribution < -0.4 is 5.32 Å². The van der Waals surface area contributed by atoms with E-state index in [-0.39, 0.29) is 12.5 Å². The first-order valence-electron chi connectivity index (χ1n) is 4.82. The lowest BCUT2D eigenvalue weighted by Crippen LogP contribution is -2.31. The quantitative estimate of drug-likeness (QED) is 0.863. The lowest BCUT2D eigenvalue weighted by Gasteiger charge is -2.03. The molecule has 7 heteroatoms. The Morgan fingerprint density at radius 1 is 1.75 bits per heavy atom. The third-order valence-corrected chi connectivity index (χ3v) is 3.29. The first-order valence-corrected chi connectivity index (χ1v) is 6.18. The first kappa shape index (κ1) is 11.5. The summed E-state index contributed by atoms with van der Waals surface area (Å²) >= 11 is 7.39. The molecule has 2 heterocycles. The zero-order valence-corrected chi connectivity index (χ0v) is 10.3. The van der Waals surface area contributed by atoms with Gasteiger partial charge in [0.1, 0.15) is 6.54 Å². The standard InChI is InChI=1S/C9H11ClN4OS/c1-6-7(10)4-14(13-6)5-8(15)12-9-11-2-3-16-9/h4H,2-3,5H2,1H3,(H,11,12,15). The minimum atomic E-state index is -0.132. The second kappa shape index (κ2) is 4.88. The fourth-order valence-corrected chi connectivity index (χ4v) is 2.19. The van der Waals surface area contributed by atoms with Crippen molar-refractivity contribution in [3.63, 3.8) is 0 Å². The molecule has 0 spiro atoms. The topological polar surface area (TPSA) is 59.3 Å². The van der Waals surface area contributed by atoms with Gasteiger partial charge in [0.25, 0.3) is 0 Å². The van der Waals surface area contributed by atoms with E-state index in [0.29, 0.717) is 10.2 Å². The maximum absolute atomic E-state index is 11.6. The van der Waals surface area contributed by atoms with Crippen molar-refractivity contribution >= 4 is 34.4 Å². The van der Waals surface area contributed by atoms with Crippen molar-refractivity contribution in [3.05, 3.63) is 16.9 Å². The average Bonchev–Trinajstić information content (AvgIpc) is 2.78. The average molecular weight is 259 g/mol. The van der Waals surface area contributed by atoms with Gasteiger partial charge in [0.05, 0.1) is 17.3 Å². The van der Waals surface area contributed by atoms with E-state index in [9.17, 15) is 4.79 Å². The lowest BCUT2D eigenvalue weighted by atomic mass is 10.5. The van der Waals surface area contributed by atoms with Crippen LogP contribution in [0, 0.1) is 6.92 Å². The van der Waals surface area contributed by atoms with Crippen LogP contribution in [0.5, 0.6) is 0 Å².